The van der Waals surface area contributed by atoms with Gasteiger partial charge in [-0.2, -0.15) is 0 Å². The predicted octanol–water partition coefficient (Wildman–Crippen LogP) is 10.4. The minimum absolute atomic E-state index is 0.00978. The van der Waals surface area contributed by atoms with Gasteiger partial charge in [-0.1, -0.05) is 104 Å². The van der Waals surface area contributed by atoms with Crippen molar-refractivity contribution in [2.24, 2.45) is 5.41 Å². The number of carbonyl (C=O) groups excluding carboxylic acids is 3. The predicted molar refractivity (Wildman–Crippen MR) is 211 cm³/mol. The molecule has 4 aliphatic rings. The topological polar surface area (TPSA) is 97.0 Å². The lowest BCUT2D eigenvalue weighted by Gasteiger charge is -2.57. The molecule has 1 saturated carbocycles. The Bertz CT molecular complexity index is 2130. The number of rotatable bonds is 4. The van der Waals surface area contributed by atoms with E-state index in [9.17, 15) is 4.79 Å². The highest BCUT2D eigenvalue weighted by Crippen LogP contribution is 2.71. The van der Waals surface area contributed by atoms with Crippen LogP contribution in [0.5, 0.6) is 0 Å². The van der Waals surface area contributed by atoms with Crippen LogP contribution in [-0.2, 0) is 24.5 Å². The largest absolute Gasteiger partial charge is 0.454 e. The molecule has 2 amide bonds. The van der Waals surface area contributed by atoms with Gasteiger partial charge in [-0.15, -0.1) is 0 Å². The van der Waals surface area contributed by atoms with Crippen LogP contribution in [-0.4, -0.2) is 40.1 Å². The maximum Gasteiger partial charge on any atom is 0.412 e. The summed E-state index contributed by atoms with van der Waals surface area (Å²) in [6.45, 7) is 9.93. The van der Waals surface area contributed by atoms with Gasteiger partial charge in [0.2, 0.25) is 5.91 Å². The Morgan fingerprint density at radius 3 is 2.11 bits per heavy atom. The third-order valence-corrected chi connectivity index (χ3v) is 12.5. The van der Waals surface area contributed by atoms with E-state index in [1.807, 2.05) is 72.8 Å². The summed E-state index contributed by atoms with van der Waals surface area (Å²) >= 11 is 13.5. The van der Waals surface area contributed by atoms with Gasteiger partial charge >= 0.3 is 12.1 Å². The second-order valence-corrected chi connectivity index (χ2v) is 17.9. The summed E-state index contributed by atoms with van der Waals surface area (Å²) in [4.78, 5) is 46.1. The number of halogens is 2. The molecule has 1 aliphatic carbocycles. The summed E-state index contributed by atoms with van der Waals surface area (Å²) in [5, 5.41) is 6.94. The van der Waals surface area contributed by atoms with Gasteiger partial charge in [0.15, 0.2) is 0 Å². The first-order valence-electron chi connectivity index (χ1n) is 18.6. The fourth-order valence-corrected chi connectivity index (χ4v) is 10.3. The highest BCUT2D eigenvalue weighted by Gasteiger charge is 2.78. The number of nitrogens with zero attached hydrogens (tertiary/aromatic N) is 1. The summed E-state index contributed by atoms with van der Waals surface area (Å²) in [6.07, 6.45) is 1.64. The van der Waals surface area contributed by atoms with Crippen LogP contribution in [0.3, 0.4) is 0 Å². The number of fused-ring (bicyclic) bond motifs is 5. The van der Waals surface area contributed by atoms with Gasteiger partial charge in [0.1, 0.15) is 23.2 Å². The number of carbonyl (C=O) groups is 3. The van der Waals surface area contributed by atoms with Crippen LogP contribution in [0.2, 0.25) is 10.0 Å². The molecule has 2 N–H and O–H groups in total. The van der Waals surface area contributed by atoms with Crippen molar-refractivity contribution in [2.45, 2.75) is 101 Å². The number of morpholine rings is 1. The number of anilines is 2. The fraction of sp³-hybridized carbons (Fsp3) is 0.386. The van der Waals surface area contributed by atoms with Gasteiger partial charge in [-0.05, 0) is 104 Å². The van der Waals surface area contributed by atoms with Crippen LogP contribution < -0.4 is 10.6 Å². The monoisotopic (exact) mass is 765 g/mol. The zero-order chi connectivity index (χ0) is 38.2. The average molecular weight is 767 g/mol. The molecule has 0 radical (unpaired) electrons. The van der Waals surface area contributed by atoms with Crippen molar-refractivity contribution in [1.29, 1.82) is 0 Å². The normalized spacial score (nSPS) is 26.9. The van der Waals surface area contributed by atoms with Crippen LogP contribution in [0.1, 0.15) is 101 Å². The highest BCUT2D eigenvalue weighted by atomic mass is 35.5. The Hall–Kier alpha value is -4.37. The zero-order valence-electron chi connectivity index (χ0n) is 31.1. The Morgan fingerprint density at radius 1 is 0.815 bits per heavy atom. The van der Waals surface area contributed by atoms with E-state index >= 15 is 9.59 Å². The average Bonchev–Trinajstić information content (AvgIpc) is 3.54. The van der Waals surface area contributed by atoms with E-state index in [4.69, 9.17) is 32.7 Å². The van der Waals surface area contributed by atoms with E-state index in [2.05, 4.69) is 41.5 Å². The lowest BCUT2D eigenvalue weighted by molar-refractivity contribution is -0.184. The molecular formula is C44H45Cl2N3O5. The Morgan fingerprint density at radius 2 is 1.46 bits per heavy atom. The van der Waals surface area contributed by atoms with Crippen molar-refractivity contribution < 1.29 is 23.9 Å². The second kappa shape index (κ2) is 13.1. The molecule has 54 heavy (non-hydrogen) atoms. The molecule has 3 aliphatic heterocycles. The lowest BCUT2D eigenvalue weighted by atomic mass is 9.53. The van der Waals surface area contributed by atoms with Gasteiger partial charge in [0, 0.05) is 32.9 Å². The lowest BCUT2D eigenvalue weighted by Crippen LogP contribution is -2.64. The molecule has 2 unspecified atom stereocenters. The van der Waals surface area contributed by atoms with Crippen LogP contribution >= 0.6 is 23.2 Å². The molecule has 0 aromatic heterocycles. The van der Waals surface area contributed by atoms with Crippen molar-refractivity contribution in [3.05, 3.63) is 129 Å². The molecule has 2 saturated heterocycles. The number of cyclic esters (lactones) is 1. The van der Waals surface area contributed by atoms with Crippen molar-refractivity contribution in [2.75, 3.05) is 10.6 Å². The SMILES string of the molecule is CC1(C)CCC2(CC1)N1[C@H](c3ccccc3)[C@H](c3ccccc3)OC(=O)[C@H]1C(c1cc(Cl)cc(NC(=O)OC(C)(C)C)c1)C21C(=O)Nc2cc(Cl)ccc21. The van der Waals surface area contributed by atoms with E-state index < -0.39 is 52.7 Å². The van der Waals surface area contributed by atoms with E-state index in [0.717, 1.165) is 29.5 Å². The number of amides is 2. The van der Waals surface area contributed by atoms with Crippen molar-refractivity contribution in [3.63, 3.8) is 0 Å². The smallest absolute Gasteiger partial charge is 0.412 e. The number of hydrogen-bond donors (Lipinski definition) is 2. The Labute approximate surface area is 326 Å². The molecule has 4 aromatic carbocycles. The minimum Gasteiger partial charge on any atom is -0.454 e. The molecule has 5 atom stereocenters. The standard InChI is InChI=1S/C44H45Cl2N3O5/c1-41(2,3)54-40(52)47-31-23-28(22-30(46)24-31)34-36-38(50)53-37(27-14-10-7-11-15-27)35(26-12-8-6-9-13-26)49(36)43(20-18-42(4,5)19-21-43)44(34)32-17-16-29(45)25-33(32)48-39(44)51/h6-17,22-25,34-37H,18-21H2,1-5H3,(H,47,52)(H,48,51)/t34?,35-,36-,37+,44?/m1/s1. The maximum absolute atomic E-state index is 15.5. The summed E-state index contributed by atoms with van der Waals surface area (Å²) in [5.41, 5.74) is 1.40. The molecule has 10 heteroatoms. The van der Waals surface area contributed by atoms with Gasteiger partial charge in [-0.3, -0.25) is 19.8 Å². The van der Waals surface area contributed by atoms with Crippen molar-refractivity contribution in [3.8, 4) is 0 Å². The van der Waals surface area contributed by atoms with Gasteiger partial charge in [-0.25, -0.2) is 4.79 Å². The van der Waals surface area contributed by atoms with E-state index in [1.165, 1.54) is 0 Å². The molecule has 4 aromatic rings. The molecule has 3 fully saturated rings. The quantitative estimate of drug-likeness (QED) is 0.201. The summed E-state index contributed by atoms with van der Waals surface area (Å²) in [7, 11) is 0. The van der Waals surface area contributed by atoms with E-state index in [1.54, 1.807) is 32.9 Å². The third-order valence-electron chi connectivity index (χ3n) is 12.0. The molecule has 8 nitrogen and oxygen atoms in total. The molecule has 2 spiro atoms. The van der Waals surface area contributed by atoms with Crippen molar-refractivity contribution in [1.82, 2.24) is 4.90 Å². The van der Waals surface area contributed by atoms with Crippen molar-refractivity contribution >= 4 is 52.5 Å². The molecule has 280 valence electrons. The summed E-state index contributed by atoms with van der Waals surface area (Å²) in [6, 6.07) is 29.5. The first kappa shape index (κ1) is 36.6. The van der Waals surface area contributed by atoms with Gasteiger partial charge in [0.25, 0.3) is 0 Å². The summed E-state index contributed by atoms with van der Waals surface area (Å²) in [5.74, 6) is -1.40. The van der Waals surface area contributed by atoms with Crippen LogP contribution in [0.4, 0.5) is 16.2 Å². The zero-order valence-corrected chi connectivity index (χ0v) is 32.6. The van der Waals surface area contributed by atoms with Gasteiger partial charge in [0.05, 0.1) is 6.04 Å². The first-order valence-corrected chi connectivity index (χ1v) is 19.4. The highest BCUT2D eigenvalue weighted by molar-refractivity contribution is 6.31. The Kier molecular flexibility index (Phi) is 8.91. The van der Waals surface area contributed by atoms with Crippen LogP contribution in [0, 0.1) is 5.41 Å². The fourth-order valence-electron chi connectivity index (χ4n) is 9.92. The molecule has 0 bridgehead atoms. The number of esters is 1. The first-order chi connectivity index (χ1) is 25.6. The number of ether oxygens (including phenoxy) is 2. The Balaban J connectivity index is 1.43. The summed E-state index contributed by atoms with van der Waals surface area (Å²) < 4.78 is 12.2. The number of hydrogen-bond acceptors (Lipinski definition) is 6. The second-order valence-electron chi connectivity index (χ2n) is 17.0. The third kappa shape index (κ3) is 5.89. The number of benzene rings is 4. The van der Waals surface area contributed by atoms with Crippen LogP contribution in [0.15, 0.2) is 97.1 Å². The van der Waals surface area contributed by atoms with E-state index in [0.29, 0.717) is 39.8 Å². The van der Waals surface area contributed by atoms with Gasteiger partial charge < -0.3 is 14.8 Å². The molecular weight excluding hydrogens is 721 g/mol. The molecule has 8 rings (SSSR count). The minimum atomic E-state index is -1.29. The van der Waals surface area contributed by atoms with E-state index in [-0.39, 0.29) is 11.3 Å². The molecule has 3 heterocycles. The van der Waals surface area contributed by atoms with Crippen LogP contribution in [0.25, 0.3) is 0 Å². The number of nitrogens with one attached hydrogen (secondary N) is 2. The maximum atomic E-state index is 15.5.